The van der Waals surface area contributed by atoms with Crippen LogP contribution in [-0.4, -0.2) is 75.6 Å². The van der Waals surface area contributed by atoms with Crippen molar-refractivity contribution in [2.45, 2.75) is 193 Å². The highest BCUT2D eigenvalue weighted by molar-refractivity contribution is 7.47. The molecule has 0 saturated heterocycles. The molecule has 8 nitrogen and oxygen atoms in total. The first-order valence-electron chi connectivity index (χ1n) is 22.2. The molecular weight excluding hydrogens is 697 g/mol. The van der Waals surface area contributed by atoms with Crippen molar-refractivity contribution in [2.75, 3.05) is 54.1 Å². The number of carbonyl (C=O) groups is 1. The summed E-state index contributed by atoms with van der Waals surface area (Å²) in [6.45, 7) is 5.58. The summed E-state index contributed by atoms with van der Waals surface area (Å²) in [7, 11) is 1.66. The predicted molar refractivity (Wildman–Crippen MR) is 229 cm³/mol. The molecule has 0 rings (SSSR count). The minimum Gasteiger partial charge on any atom is -0.457 e. The predicted octanol–water partition coefficient (Wildman–Crippen LogP) is 13.0. The summed E-state index contributed by atoms with van der Waals surface area (Å²) in [4.78, 5) is 22.8. The molecular formula is C45H87NO7P+. The van der Waals surface area contributed by atoms with Crippen LogP contribution in [-0.2, 0) is 27.9 Å². The minimum absolute atomic E-state index is 0.0882. The molecule has 0 fully saturated rings. The molecule has 0 aromatic heterocycles. The van der Waals surface area contributed by atoms with Gasteiger partial charge in [0.1, 0.15) is 19.3 Å². The van der Waals surface area contributed by atoms with E-state index in [0.29, 0.717) is 24.1 Å². The zero-order valence-corrected chi connectivity index (χ0v) is 36.9. The average molecular weight is 785 g/mol. The average Bonchev–Trinajstić information content (AvgIpc) is 3.12. The number of allylic oxidation sites excluding steroid dienone is 6. The van der Waals surface area contributed by atoms with E-state index in [1.165, 1.54) is 122 Å². The van der Waals surface area contributed by atoms with Gasteiger partial charge >= 0.3 is 13.8 Å². The van der Waals surface area contributed by atoms with E-state index in [9.17, 15) is 14.3 Å². The number of hydrogen-bond donors (Lipinski definition) is 1. The summed E-state index contributed by atoms with van der Waals surface area (Å²) in [6, 6.07) is 0. The molecule has 0 aliphatic carbocycles. The van der Waals surface area contributed by atoms with Gasteiger partial charge in [-0.15, -0.1) is 0 Å². The number of likely N-dealkylation sites (N-methyl/N-ethyl adjacent to an activating group) is 1. The van der Waals surface area contributed by atoms with Gasteiger partial charge in [-0.05, 0) is 51.4 Å². The quantitative estimate of drug-likeness (QED) is 0.0217. The van der Waals surface area contributed by atoms with Gasteiger partial charge in [0.15, 0.2) is 0 Å². The second-order valence-corrected chi connectivity index (χ2v) is 17.5. The standard InChI is InChI=1S/C45H86NO7P/c1-6-8-10-12-14-15-16-17-18-19-20-21-22-23-24-25-26-27-28-29-30-31-32-34-36-38-45(47)53-44(42-50-40-37-35-33-13-11-9-7-2)43-52-54(48,49)51-41-39-46(3,4)5/h16-17,19-20,22-23,44H,6-15,18,21,24-43H2,1-5H3/p+1/b17-16-,20-19-,23-22-. The second kappa shape index (κ2) is 38.6. The number of phosphoric ester groups is 1. The SMILES string of the molecule is CCCCCCC/C=C\C/C=C\C/C=C\CCCCCCCCCCCCC(=O)OC(COCCCCCCCCC)COP(=O)(O)OCC[N+](C)(C)C. The first-order valence-corrected chi connectivity index (χ1v) is 23.7. The molecule has 0 aromatic rings. The smallest absolute Gasteiger partial charge is 0.457 e. The summed E-state index contributed by atoms with van der Waals surface area (Å²) in [5.74, 6) is -0.320. The summed E-state index contributed by atoms with van der Waals surface area (Å²) >= 11 is 0. The van der Waals surface area contributed by atoms with Crippen molar-refractivity contribution in [2.24, 2.45) is 0 Å². The molecule has 318 valence electrons. The normalized spacial score (nSPS) is 14.1. The number of nitrogens with zero attached hydrogens (tertiary/aromatic N) is 1. The minimum atomic E-state index is -4.26. The number of hydrogen-bond acceptors (Lipinski definition) is 6. The first-order chi connectivity index (χ1) is 26.1. The molecule has 0 heterocycles. The number of ether oxygens (including phenoxy) is 2. The molecule has 0 amide bonds. The van der Waals surface area contributed by atoms with Gasteiger partial charge in [-0.25, -0.2) is 4.57 Å². The lowest BCUT2D eigenvalue weighted by atomic mass is 10.0. The Morgan fingerprint density at radius 3 is 1.52 bits per heavy atom. The van der Waals surface area contributed by atoms with E-state index in [2.05, 4.69) is 50.3 Å². The molecule has 0 spiro atoms. The molecule has 54 heavy (non-hydrogen) atoms. The van der Waals surface area contributed by atoms with Crippen LogP contribution in [0.15, 0.2) is 36.5 Å². The fourth-order valence-corrected chi connectivity index (χ4v) is 6.71. The molecule has 2 atom stereocenters. The van der Waals surface area contributed by atoms with Crippen LogP contribution in [0, 0.1) is 0 Å². The van der Waals surface area contributed by atoms with Gasteiger partial charge in [-0.1, -0.05) is 166 Å². The van der Waals surface area contributed by atoms with Crippen molar-refractivity contribution < 1.29 is 37.3 Å². The lowest BCUT2D eigenvalue weighted by Crippen LogP contribution is -2.37. The lowest BCUT2D eigenvalue weighted by Gasteiger charge is -2.24. The summed E-state index contributed by atoms with van der Waals surface area (Å²) in [6.07, 6.45) is 44.8. The molecule has 0 radical (unpaired) electrons. The Morgan fingerprint density at radius 2 is 1.02 bits per heavy atom. The second-order valence-electron chi connectivity index (χ2n) is 16.1. The number of phosphoric acid groups is 1. The fraction of sp³-hybridized carbons (Fsp3) is 0.844. The summed E-state index contributed by atoms with van der Waals surface area (Å²) in [5.41, 5.74) is 0. The van der Waals surface area contributed by atoms with Crippen molar-refractivity contribution in [3.63, 3.8) is 0 Å². The topological polar surface area (TPSA) is 91.3 Å². The van der Waals surface area contributed by atoms with E-state index in [1.54, 1.807) is 0 Å². The number of rotatable bonds is 41. The maximum Gasteiger partial charge on any atom is 0.472 e. The van der Waals surface area contributed by atoms with Crippen molar-refractivity contribution >= 4 is 13.8 Å². The monoisotopic (exact) mass is 785 g/mol. The van der Waals surface area contributed by atoms with Gasteiger partial charge in [0, 0.05) is 13.0 Å². The number of esters is 1. The van der Waals surface area contributed by atoms with Crippen LogP contribution in [0.5, 0.6) is 0 Å². The molecule has 0 aliphatic rings. The molecule has 0 saturated carbocycles. The molecule has 9 heteroatoms. The van der Waals surface area contributed by atoms with Crippen LogP contribution >= 0.6 is 7.82 Å². The maximum atomic E-state index is 12.6. The third kappa shape index (κ3) is 41.9. The highest BCUT2D eigenvalue weighted by Crippen LogP contribution is 2.43. The zero-order valence-electron chi connectivity index (χ0n) is 36.0. The molecule has 1 N–H and O–H groups in total. The van der Waals surface area contributed by atoms with Crippen LogP contribution in [0.25, 0.3) is 0 Å². The van der Waals surface area contributed by atoms with Gasteiger partial charge in [0.25, 0.3) is 0 Å². The number of quaternary nitrogens is 1. The van der Waals surface area contributed by atoms with Gasteiger partial charge < -0.3 is 18.9 Å². The van der Waals surface area contributed by atoms with E-state index in [1.807, 2.05) is 21.1 Å². The highest BCUT2D eigenvalue weighted by atomic mass is 31.2. The van der Waals surface area contributed by atoms with Crippen molar-refractivity contribution in [3.8, 4) is 0 Å². The van der Waals surface area contributed by atoms with Crippen molar-refractivity contribution in [1.29, 1.82) is 0 Å². The third-order valence-corrected chi connectivity index (χ3v) is 10.4. The Kier molecular flexibility index (Phi) is 37.7. The Bertz CT molecular complexity index is 962. The number of unbranched alkanes of at least 4 members (excludes halogenated alkanes) is 21. The third-order valence-electron chi connectivity index (χ3n) is 9.45. The molecule has 0 aliphatic heterocycles. The molecule has 2 unspecified atom stereocenters. The van der Waals surface area contributed by atoms with Gasteiger partial charge in [-0.3, -0.25) is 13.8 Å². The van der Waals surface area contributed by atoms with Gasteiger partial charge in [0.05, 0.1) is 34.4 Å². The fourth-order valence-electron chi connectivity index (χ4n) is 5.97. The molecule has 0 bridgehead atoms. The van der Waals surface area contributed by atoms with E-state index < -0.39 is 13.9 Å². The molecule has 0 aromatic carbocycles. The Labute approximate surface area is 334 Å². The highest BCUT2D eigenvalue weighted by Gasteiger charge is 2.26. The van der Waals surface area contributed by atoms with E-state index in [0.717, 1.165) is 44.9 Å². The Morgan fingerprint density at radius 1 is 0.574 bits per heavy atom. The van der Waals surface area contributed by atoms with E-state index in [4.69, 9.17) is 18.5 Å². The van der Waals surface area contributed by atoms with Crippen LogP contribution in [0.2, 0.25) is 0 Å². The lowest BCUT2D eigenvalue weighted by molar-refractivity contribution is -0.870. The Hall–Kier alpha value is -1.28. The van der Waals surface area contributed by atoms with Crippen LogP contribution in [0.3, 0.4) is 0 Å². The number of carbonyl (C=O) groups excluding carboxylic acids is 1. The van der Waals surface area contributed by atoms with Crippen molar-refractivity contribution in [1.82, 2.24) is 0 Å². The first kappa shape index (κ1) is 52.7. The largest absolute Gasteiger partial charge is 0.472 e. The maximum absolute atomic E-state index is 12.6. The zero-order chi connectivity index (χ0) is 39.9. The van der Waals surface area contributed by atoms with Crippen LogP contribution in [0.1, 0.15) is 187 Å². The van der Waals surface area contributed by atoms with E-state index in [-0.39, 0.29) is 25.8 Å². The van der Waals surface area contributed by atoms with Gasteiger partial charge in [-0.2, -0.15) is 0 Å². The van der Waals surface area contributed by atoms with E-state index >= 15 is 0 Å². The summed E-state index contributed by atoms with van der Waals surface area (Å²) < 4.78 is 34.8. The van der Waals surface area contributed by atoms with Gasteiger partial charge in [0.2, 0.25) is 0 Å². The van der Waals surface area contributed by atoms with Crippen LogP contribution in [0.4, 0.5) is 0 Å². The van der Waals surface area contributed by atoms with Crippen molar-refractivity contribution in [3.05, 3.63) is 36.5 Å². The summed E-state index contributed by atoms with van der Waals surface area (Å²) in [5, 5.41) is 0. The Balaban J connectivity index is 4.03. The van der Waals surface area contributed by atoms with Crippen LogP contribution < -0.4 is 0 Å².